The SMILES string of the molecule is CCC(NC1CCC(OC)C1)c1ccc(Cl)c(Cl)c1. The highest BCUT2D eigenvalue weighted by Crippen LogP contribution is 2.29. The van der Waals surface area contributed by atoms with Crippen LogP contribution in [0.25, 0.3) is 0 Å². The molecular weight excluding hydrogens is 281 g/mol. The average Bonchev–Trinajstić information content (AvgIpc) is 2.87. The van der Waals surface area contributed by atoms with E-state index >= 15 is 0 Å². The van der Waals surface area contributed by atoms with E-state index in [4.69, 9.17) is 27.9 Å². The lowest BCUT2D eigenvalue weighted by molar-refractivity contribution is 0.106. The minimum absolute atomic E-state index is 0.329. The minimum atomic E-state index is 0.329. The van der Waals surface area contributed by atoms with E-state index < -0.39 is 0 Å². The first-order valence-electron chi connectivity index (χ1n) is 6.87. The molecule has 106 valence electrons. The largest absolute Gasteiger partial charge is 0.381 e. The van der Waals surface area contributed by atoms with Gasteiger partial charge in [-0.15, -0.1) is 0 Å². The molecule has 0 saturated heterocycles. The first-order chi connectivity index (χ1) is 9.13. The van der Waals surface area contributed by atoms with Crippen LogP contribution in [0.2, 0.25) is 10.0 Å². The molecule has 1 N–H and O–H groups in total. The quantitative estimate of drug-likeness (QED) is 0.858. The van der Waals surface area contributed by atoms with Crippen LogP contribution in [0, 0.1) is 0 Å². The first-order valence-corrected chi connectivity index (χ1v) is 7.63. The number of hydrogen-bond donors (Lipinski definition) is 1. The van der Waals surface area contributed by atoms with Crippen LogP contribution in [0.5, 0.6) is 0 Å². The van der Waals surface area contributed by atoms with Crippen molar-refractivity contribution in [3.8, 4) is 0 Å². The van der Waals surface area contributed by atoms with Crippen molar-refractivity contribution in [2.45, 2.75) is 50.8 Å². The highest BCUT2D eigenvalue weighted by molar-refractivity contribution is 6.42. The summed E-state index contributed by atoms with van der Waals surface area (Å²) in [5.41, 5.74) is 1.21. The average molecular weight is 302 g/mol. The van der Waals surface area contributed by atoms with Crippen LogP contribution in [0.15, 0.2) is 18.2 Å². The van der Waals surface area contributed by atoms with Gasteiger partial charge >= 0.3 is 0 Å². The molecule has 0 radical (unpaired) electrons. The van der Waals surface area contributed by atoms with Gasteiger partial charge in [0.05, 0.1) is 16.1 Å². The molecule has 4 heteroatoms. The molecule has 0 aliphatic heterocycles. The Morgan fingerprint density at radius 1 is 1.32 bits per heavy atom. The minimum Gasteiger partial charge on any atom is -0.381 e. The normalized spacial score (nSPS) is 24.6. The van der Waals surface area contributed by atoms with Gasteiger partial charge in [0.15, 0.2) is 0 Å². The number of nitrogens with one attached hydrogen (secondary N) is 1. The zero-order valence-corrected chi connectivity index (χ0v) is 13.0. The molecular formula is C15H21Cl2NO. The van der Waals surface area contributed by atoms with Gasteiger partial charge in [-0.05, 0) is 43.4 Å². The second-order valence-electron chi connectivity index (χ2n) is 5.17. The molecule has 0 aromatic heterocycles. The van der Waals surface area contributed by atoms with Crippen molar-refractivity contribution in [2.75, 3.05) is 7.11 Å². The van der Waals surface area contributed by atoms with Gasteiger partial charge in [0.1, 0.15) is 0 Å². The van der Waals surface area contributed by atoms with Gasteiger partial charge in [-0.1, -0.05) is 36.2 Å². The lowest BCUT2D eigenvalue weighted by Crippen LogP contribution is -2.31. The molecule has 1 aromatic carbocycles. The van der Waals surface area contributed by atoms with Crippen molar-refractivity contribution in [3.63, 3.8) is 0 Å². The predicted molar refractivity (Wildman–Crippen MR) is 81.1 cm³/mol. The third-order valence-electron chi connectivity index (χ3n) is 3.91. The summed E-state index contributed by atoms with van der Waals surface area (Å²) in [5, 5.41) is 4.95. The molecule has 0 heterocycles. The zero-order chi connectivity index (χ0) is 13.8. The first kappa shape index (κ1) is 15.1. The fraction of sp³-hybridized carbons (Fsp3) is 0.600. The summed E-state index contributed by atoms with van der Waals surface area (Å²) < 4.78 is 5.42. The fourth-order valence-corrected chi connectivity index (χ4v) is 3.08. The highest BCUT2D eigenvalue weighted by Gasteiger charge is 2.26. The number of halogens is 2. The smallest absolute Gasteiger partial charge is 0.0595 e. The van der Waals surface area contributed by atoms with Crippen LogP contribution in [0.1, 0.15) is 44.2 Å². The van der Waals surface area contributed by atoms with Crippen molar-refractivity contribution < 1.29 is 4.74 Å². The maximum absolute atomic E-state index is 6.10. The number of benzene rings is 1. The molecule has 1 aromatic rings. The molecule has 1 fully saturated rings. The lowest BCUT2D eigenvalue weighted by atomic mass is 10.0. The van der Waals surface area contributed by atoms with Crippen LogP contribution in [-0.2, 0) is 4.74 Å². The lowest BCUT2D eigenvalue weighted by Gasteiger charge is -2.22. The predicted octanol–water partition coefficient (Wildman–Crippen LogP) is 4.60. The van der Waals surface area contributed by atoms with Gasteiger partial charge in [-0.2, -0.15) is 0 Å². The van der Waals surface area contributed by atoms with Crippen molar-refractivity contribution in [1.82, 2.24) is 5.32 Å². The van der Waals surface area contributed by atoms with Crippen molar-refractivity contribution in [1.29, 1.82) is 0 Å². The molecule has 19 heavy (non-hydrogen) atoms. The number of ether oxygens (including phenoxy) is 1. The summed E-state index contributed by atoms with van der Waals surface area (Å²) in [6.45, 7) is 2.18. The molecule has 1 saturated carbocycles. The summed E-state index contributed by atoms with van der Waals surface area (Å²) in [7, 11) is 1.79. The molecule has 1 aliphatic carbocycles. The fourth-order valence-electron chi connectivity index (χ4n) is 2.77. The highest BCUT2D eigenvalue weighted by atomic mass is 35.5. The van der Waals surface area contributed by atoms with Gasteiger partial charge < -0.3 is 10.1 Å². The van der Waals surface area contributed by atoms with Gasteiger partial charge in [0.2, 0.25) is 0 Å². The third kappa shape index (κ3) is 3.85. The Hall–Kier alpha value is -0.280. The summed E-state index contributed by atoms with van der Waals surface area (Å²) in [5.74, 6) is 0. The van der Waals surface area contributed by atoms with E-state index in [-0.39, 0.29) is 0 Å². The molecule has 3 atom stereocenters. The Labute approximate surface area is 125 Å². The Balaban J connectivity index is 2.01. The summed E-state index contributed by atoms with van der Waals surface area (Å²) in [6.07, 6.45) is 4.85. The Morgan fingerprint density at radius 3 is 2.68 bits per heavy atom. The topological polar surface area (TPSA) is 21.3 Å². The van der Waals surface area contributed by atoms with Crippen LogP contribution in [-0.4, -0.2) is 19.3 Å². The van der Waals surface area contributed by atoms with Crippen LogP contribution < -0.4 is 5.32 Å². The maximum atomic E-state index is 6.10. The summed E-state index contributed by atoms with van der Waals surface area (Å²) >= 11 is 12.1. The molecule has 1 aliphatic rings. The van der Waals surface area contributed by atoms with E-state index in [9.17, 15) is 0 Å². The number of hydrogen-bond acceptors (Lipinski definition) is 2. The Kier molecular flexibility index (Phi) is 5.52. The van der Waals surface area contributed by atoms with E-state index in [0.29, 0.717) is 28.2 Å². The van der Waals surface area contributed by atoms with Gasteiger partial charge in [0.25, 0.3) is 0 Å². The van der Waals surface area contributed by atoms with E-state index in [2.05, 4.69) is 18.3 Å². The maximum Gasteiger partial charge on any atom is 0.0595 e. The van der Waals surface area contributed by atoms with E-state index in [1.807, 2.05) is 12.1 Å². The van der Waals surface area contributed by atoms with Crippen molar-refractivity contribution >= 4 is 23.2 Å². The van der Waals surface area contributed by atoms with Crippen LogP contribution in [0.4, 0.5) is 0 Å². The number of rotatable bonds is 5. The molecule has 0 bridgehead atoms. The second kappa shape index (κ2) is 6.94. The number of methoxy groups -OCH3 is 1. The van der Waals surface area contributed by atoms with Gasteiger partial charge in [-0.3, -0.25) is 0 Å². The standard InChI is InChI=1S/C15H21Cl2NO/c1-3-15(10-4-7-13(16)14(17)8-10)18-11-5-6-12(9-11)19-2/h4,7-8,11-12,15,18H,3,5-6,9H2,1-2H3. The van der Waals surface area contributed by atoms with Crippen molar-refractivity contribution in [3.05, 3.63) is 33.8 Å². The molecule has 0 amide bonds. The summed E-state index contributed by atoms with van der Waals surface area (Å²) in [4.78, 5) is 0. The van der Waals surface area contributed by atoms with E-state index in [0.717, 1.165) is 19.3 Å². The summed E-state index contributed by atoms with van der Waals surface area (Å²) in [6, 6.07) is 6.75. The molecule has 3 unspecified atom stereocenters. The van der Waals surface area contributed by atoms with E-state index in [1.54, 1.807) is 7.11 Å². The van der Waals surface area contributed by atoms with Gasteiger partial charge in [0, 0.05) is 19.2 Å². The monoisotopic (exact) mass is 301 g/mol. The third-order valence-corrected chi connectivity index (χ3v) is 4.65. The molecule has 2 nitrogen and oxygen atoms in total. The van der Waals surface area contributed by atoms with Crippen molar-refractivity contribution in [2.24, 2.45) is 0 Å². The molecule has 0 spiro atoms. The van der Waals surface area contributed by atoms with Gasteiger partial charge in [-0.25, -0.2) is 0 Å². The Morgan fingerprint density at radius 2 is 2.11 bits per heavy atom. The zero-order valence-electron chi connectivity index (χ0n) is 11.5. The molecule has 2 rings (SSSR count). The van der Waals surface area contributed by atoms with Crippen LogP contribution in [0.3, 0.4) is 0 Å². The Bertz CT molecular complexity index is 425. The second-order valence-corrected chi connectivity index (χ2v) is 5.98. The van der Waals surface area contributed by atoms with Crippen LogP contribution >= 0.6 is 23.2 Å². The van der Waals surface area contributed by atoms with E-state index in [1.165, 1.54) is 12.0 Å².